The number of fused-ring (bicyclic) bond motifs is 1. The lowest BCUT2D eigenvalue weighted by molar-refractivity contribution is -0.113. The van der Waals surface area contributed by atoms with Crippen molar-refractivity contribution in [3.05, 3.63) is 44.2 Å². The second-order valence-corrected chi connectivity index (χ2v) is 7.97. The molecule has 0 radical (unpaired) electrons. The summed E-state index contributed by atoms with van der Waals surface area (Å²) in [6.07, 6.45) is 3.01. The number of rotatable bonds is 4. The third kappa shape index (κ3) is 3.51. The standard InChI is InChI=1S/C16H12Cl2N2OS2/c17-11-4-2-5-12(18)15(11)22-8-14(21)20-16-10(7-19)9-3-1-6-13(9)23-16/h2,4-5H,1,3,6,8H2,(H,20,21). The number of hydrogen-bond acceptors (Lipinski definition) is 4. The molecule has 3 nitrogen and oxygen atoms in total. The van der Waals surface area contributed by atoms with Gasteiger partial charge >= 0.3 is 0 Å². The Morgan fingerprint density at radius 3 is 2.78 bits per heavy atom. The van der Waals surface area contributed by atoms with Gasteiger partial charge in [-0.1, -0.05) is 29.3 Å². The van der Waals surface area contributed by atoms with E-state index in [9.17, 15) is 10.1 Å². The number of nitriles is 1. The largest absolute Gasteiger partial charge is 0.316 e. The number of carbonyl (C=O) groups is 1. The molecule has 0 fully saturated rings. The quantitative estimate of drug-likeness (QED) is 0.744. The second kappa shape index (κ2) is 7.14. The molecule has 118 valence electrons. The van der Waals surface area contributed by atoms with E-state index in [1.807, 2.05) is 0 Å². The molecule has 1 aliphatic carbocycles. The number of benzene rings is 1. The predicted octanol–water partition coefficient (Wildman–Crippen LogP) is 5.15. The molecule has 1 heterocycles. The highest BCUT2D eigenvalue weighted by Crippen LogP contribution is 2.39. The van der Waals surface area contributed by atoms with Crippen molar-refractivity contribution in [2.75, 3.05) is 11.1 Å². The first-order valence-corrected chi connectivity index (χ1v) is 9.57. The van der Waals surface area contributed by atoms with E-state index < -0.39 is 0 Å². The van der Waals surface area contributed by atoms with Crippen molar-refractivity contribution in [2.45, 2.75) is 24.2 Å². The van der Waals surface area contributed by atoms with Gasteiger partial charge in [0.25, 0.3) is 0 Å². The fourth-order valence-electron chi connectivity index (χ4n) is 2.53. The minimum atomic E-state index is -0.164. The van der Waals surface area contributed by atoms with E-state index in [4.69, 9.17) is 23.2 Å². The van der Waals surface area contributed by atoms with Crippen molar-refractivity contribution in [2.24, 2.45) is 0 Å². The maximum absolute atomic E-state index is 12.2. The first-order chi connectivity index (χ1) is 11.1. The van der Waals surface area contributed by atoms with Crippen LogP contribution < -0.4 is 5.32 Å². The first-order valence-electron chi connectivity index (χ1n) is 7.01. The Balaban J connectivity index is 1.68. The van der Waals surface area contributed by atoms with Crippen molar-refractivity contribution in [1.29, 1.82) is 5.26 Å². The van der Waals surface area contributed by atoms with Gasteiger partial charge in [0, 0.05) is 9.77 Å². The van der Waals surface area contributed by atoms with Crippen molar-refractivity contribution >= 4 is 57.2 Å². The smallest absolute Gasteiger partial charge is 0.235 e. The molecule has 0 unspecified atom stereocenters. The number of thiophene rings is 1. The third-order valence-corrected chi connectivity index (χ3v) is 6.75. The van der Waals surface area contributed by atoms with Crippen molar-refractivity contribution in [3.8, 4) is 6.07 Å². The Labute approximate surface area is 152 Å². The van der Waals surface area contributed by atoms with Gasteiger partial charge in [0.05, 0.1) is 21.4 Å². The fourth-order valence-corrected chi connectivity index (χ4v) is 5.27. The molecule has 1 N–H and O–H groups in total. The summed E-state index contributed by atoms with van der Waals surface area (Å²) in [6, 6.07) is 7.47. The van der Waals surface area contributed by atoms with Crippen LogP contribution in [0.4, 0.5) is 5.00 Å². The van der Waals surface area contributed by atoms with Crippen LogP contribution in [0, 0.1) is 11.3 Å². The van der Waals surface area contributed by atoms with Crippen LogP contribution >= 0.6 is 46.3 Å². The van der Waals surface area contributed by atoms with Crippen LogP contribution in [0.15, 0.2) is 23.1 Å². The Bertz CT molecular complexity index is 791. The minimum Gasteiger partial charge on any atom is -0.316 e. The number of nitrogens with zero attached hydrogens (tertiary/aromatic N) is 1. The molecule has 1 aromatic carbocycles. The van der Waals surface area contributed by atoms with Gasteiger partial charge in [-0.25, -0.2) is 0 Å². The molecule has 1 amide bonds. The van der Waals surface area contributed by atoms with E-state index >= 15 is 0 Å². The summed E-state index contributed by atoms with van der Waals surface area (Å²) in [5.41, 5.74) is 1.73. The van der Waals surface area contributed by atoms with Gasteiger partial charge in [0.15, 0.2) is 0 Å². The highest BCUT2D eigenvalue weighted by atomic mass is 35.5. The lowest BCUT2D eigenvalue weighted by Gasteiger charge is -2.07. The molecule has 0 aliphatic heterocycles. The molecule has 2 aromatic rings. The number of hydrogen-bond donors (Lipinski definition) is 1. The first kappa shape index (κ1) is 16.7. The van der Waals surface area contributed by atoms with Crippen LogP contribution in [0.5, 0.6) is 0 Å². The van der Waals surface area contributed by atoms with E-state index in [-0.39, 0.29) is 11.7 Å². The molecule has 0 saturated heterocycles. The summed E-state index contributed by atoms with van der Waals surface area (Å²) in [4.78, 5) is 14.1. The zero-order valence-electron chi connectivity index (χ0n) is 12.0. The summed E-state index contributed by atoms with van der Waals surface area (Å²) in [5.74, 6) is 0.0269. The third-order valence-electron chi connectivity index (χ3n) is 3.55. The lowest BCUT2D eigenvalue weighted by Crippen LogP contribution is -2.14. The highest BCUT2D eigenvalue weighted by molar-refractivity contribution is 8.00. The van der Waals surface area contributed by atoms with Crippen molar-refractivity contribution in [3.63, 3.8) is 0 Å². The van der Waals surface area contributed by atoms with Crippen molar-refractivity contribution < 1.29 is 4.79 Å². The minimum absolute atomic E-state index is 0.164. The van der Waals surface area contributed by atoms with E-state index in [0.717, 1.165) is 24.8 Å². The van der Waals surface area contributed by atoms with Crippen LogP contribution in [0.1, 0.15) is 22.4 Å². The maximum atomic E-state index is 12.2. The summed E-state index contributed by atoms with van der Waals surface area (Å²) in [7, 11) is 0. The zero-order chi connectivity index (χ0) is 16.4. The number of halogens is 2. The number of amides is 1. The van der Waals surface area contributed by atoms with Gasteiger partial charge in [-0.05, 0) is 37.0 Å². The normalized spacial score (nSPS) is 12.7. The van der Waals surface area contributed by atoms with Crippen LogP contribution in [-0.4, -0.2) is 11.7 Å². The summed E-state index contributed by atoms with van der Waals surface area (Å²) >= 11 is 15.0. The maximum Gasteiger partial charge on any atom is 0.235 e. The molecule has 0 bridgehead atoms. The van der Waals surface area contributed by atoms with E-state index in [0.29, 0.717) is 25.5 Å². The molecule has 3 rings (SSSR count). The molecule has 1 aromatic heterocycles. The Morgan fingerprint density at radius 1 is 1.35 bits per heavy atom. The monoisotopic (exact) mass is 382 g/mol. The molecule has 1 aliphatic rings. The predicted molar refractivity (Wildman–Crippen MR) is 96.9 cm³/mol. The molecule has 0 saturated carbocycles. The van der Waals surface area contributed by atoms with Gasteiger partial charge in [0.2, 0.25) is 5.91 Å². The zero-order valence-corrected chi connectivity index (χ0v) is 15.1. The molecule has 0 spiro atoms. The van der Waals surface area contributed by atoms with Crippen LogP contribution in [0.3, 0.4) is 0 Å². The lowest BCUT2D eigenvalue weighted by atomic mass is 10.1. The number of nitrogens with one attached hydrogen (secondary N) is 1. The molecule has 23 heavy (non-hydrogen) atoms. The number of aryl methyl sites for hydroxylation is 1. The Morgan fingerprint density at radius 2 is 2.09 bits per heavy atom. The van der Waals surface area contributed by atoms with Gasteiger partial charge in [-0.15, -0.1) is 23.1 Å². The average Bonchev–Trinajstić information content (AvgIpc) is 3.07. The second-order valence-electron chi connectivity index (χ2n) is 5.06. The Hall–Kier alpha value is -1.19. The van der Waals surface area contributed by atoms with Gasteiger partial charge in [-0.2, -0.15) is 5.26 Å². The fraction of sp³-hybridized carbons (Fsp3) is 0.250. The highest BCUT2D eigenvalue weighted by Gasteiger charge is 2.23. The van der Waals surface area contributed by atoms with E-state index in [1.54, 1.807) is 18.2 Å². The molecular formula is C16H12Cl2N2OS2. The topological polar surface area (TPSA) is 52.9 Å². The van der Waals surface area contributed by atoms with Gasteiger partial charge in [-0.3, -0.25) is 4.79 Å². The summed E-state index contributed by atoms with van der Waals surface area (Å²) in [6.45, 7) is 0. The van der Waals surface area contributed by atoms with E-state index in [1.165, 1.54) is 28.0 Å². The molecule has 7 heteroatoms. The summed E-state index contributed by atoms with van der Waals surface area (Å²) < 4.78 is 0. The Kier molecular flexibility index (Phi) is 5.17. The van der Waals surface area contributed by atoms with Crippen LogP contribution in [0.2, 0.25) is 10.0 Å². The number of thioether (sulfide) groups is 1. The molecule has 0 atom stereocenters. The van der Waals surface area contributed by atoms with Crippen LogP contribution in [-0.2, 0) is 17.6 Å². The SMILES string of the molecule is N#Cc1c(NC(=O)CSc2c(Cl)cccc2Cl)sc2c1CCC2. The average molecular weight is 383 g/mol. The van der Waals surface area contributed by atoms with E-state index in [2.05, 4.69) is 11.4 Å². The number of carbonyl (C=O) groups excluding carboxylic acids is 1. The molecular weight excluding hydrogens is 371 g/mol. The van der Waals surface area contributed by atoms with Crippen molar-refractivity contribution in [1.82, 2.24) is 0 Å². The van der Waals surface area contributed by atoms with Gasteiger partial charge < -0.3 is 5.32 Å². The van der Waals surface area contributed by atoms with Crippen LogP contribution in [0.25, 0.3) is 0 Å². The number of anilines is 1. The summed E-state index contributed by atoms with van der Waals surface area (Å²) in [5, 5.41) is 13.9. The van der Waals surface area contributed by atoms with Gasteiger partial charge in [0.1, 0.15) is 11.1 Å².